The van der Waals surface area contributed by atoms with E-state index in [1.54, 1.807) is 11.6 Å². The molecule has 0 aliphatic carbocycles. The van der Waals surface area contributed by atoms with Gasteiger partial charge < -0.3 is 33.4 Å². The summed E-state index contributed by atoms with van der Waals surface area (Å²) < 4.78 is 27.4. The second kappa shape index (κ2) is 8.50. The highest BCUT2D eigenvalue weighted by Gasteiger charge is 2.30. The van der Waals surface area contributed by atoms with E-state index >= 15 is 0 Å². The molecule has 10 heteroatoms. The van der Waals surface area contributed by atoms with Crippen LogP contribution in [0.1, 0.15) is 15.9 Å². The Bertz CT molecular complexity index is 814. The number of aliphatic carboxylic acids is 1. The smallest absolute Gasteiger partial charge is 0.342 e. The molecule has 1 aromatic heterocycles. The van der Waals surface area contributed by atoms with E-state index < -0.39 is 18.4 Å². The van der Waals surface area contributed by atoms with Crippen molar-refractivity contribution < 1.29 is 38.4 Å². The lowest BCUT2D eigenvalue weighted by Crippen LogP contribution is -2.16. The van der Waals surface area contributed by atoms with E-state index in [1.807, 2.05) is 0 Å². The highest BCUT2D eigenvalue weighted by molar-refractivity contribution is 6.04. The number of carbonyl (C=O) groups is 2. The Morgan fingerprint density at radius 1 is 1.12 bits per heavy atom. The number of rotatable bonds is 9. The molecular formula is C16H20N2O8. The van der Waals surface area contributed by atoms with Gasteiger partial charge in [0.05, 0.1) is 19.9 Å². The van der Waals surface area contributed by atoms with E-state index in [9.17, 15) is 14.7 Å². The molecule has 0 saturated heterocycles. The molecule has 0 spiro atoms. The first-order valence-corrected chi connectivity index (χ1v) is 7.49. The van der Waals surface area contributed by atoms with E-state index in [4.69, 9.17) is 23.7 Å². The molecule has 1 N–H and O–H groups in total. The first kappa shape index (κ1) is 19.5. The standard InChI is InChI=1S/C16H20N2O8/c1-18-6-17-12-13(18)14(25-7-22-2)9(5-10(19)20)11(16(21)24-4)15(12)26-8-23-3/h6H,5,7-8H2,1-4H3,(H,19,20). The zero-order valence-electron chi connectivity index (χ0n) is 14.9. The van der Waals surface area contributed by atoms with Gasteiger partial charge in [-0.1, -0.05) is 0 Å². The predicted molar refractivity (Wildman–Crippen MR) is 88.4 cm³/mol. The Labute approximate surface area is 149 Å². The monoisotopic (exact) mass is 368 g/mol. The molecule has 0 aliphatic heterocycles. The number of esters is 1. The minimum atomic E-state index is -1.16. The number of ether oxygens (including phenoxy) is 5. The van der Waals surface area contributed by atoms with Crippen molar-refractivity contribution >= 4 is 23.0 Å². The van der Waals surface area contributed by atoms with E-state index in [2.05, 4.69) is 4.98 Å². The number of benzene rings is 1. The van der Waals surface area contributed by atoms with Gasteiger partial charge >= 0.3 is 11.9 Å². The zero-order valence-corrected chi connectivity index (χ0v) is 14.9. The second-order valence-corrected chi connectivity index (χ2v) is 5.23. The molecule has 0 bridgehead atoms. The van der Waals surface area contributed by atoms with Crippen LogP contribution in [0.5, 0.6) is 11.5 Å². The molecule has 0 radical (unpaired) electrons. The summed E-state index contributed by atoms with van der Waals surface area (Å²) in [7, 11) is 5.74. The fourth-order valence-electron chi connectivity index (χ4n) is 2.55. The summed E-state index contributed by atoms with van der Waals surface area (Å²) in [5, 5.41) is 9.33. The highest BCUT2D eigenvalue weighted by Crippen LogP contribution is 2.41. The summed E-state index contributed by atoms with van der Waals surface area (Å²) in [6.07, 6.45) is 1.00. The third-order valence-electron chi connectivity index (χ3n) is 3.53. The van der Waals surface area contributed by atoms with Crippen molar-refractivity contribution in [2.45, 2.75) is 6.42 Å². The Kier molecular flexibility index (Phi) is 6.36. The van der Waals surface area contributed by atoms with Crippen LogP contribution in [-0.4, -0.2) is 61.5 Å². The van der Waals surface area contributed by atoms with Gasteiger partial charge in [0.1, 0.15) is 16.6 Å². The SMILES string of the molecule is COCOc1c(C(=O)OC)c(CC(=O)O)c(OCOC)c2c1ncn2C. The number of carboxylic acid groups (broad SMARTS) is 1. The number of nitrogens with zero attached hydrogens (tertiary/aromatic N) is 2. The molecule has 0 amide bonds. The van der Waals surface area contributed by atoms with Crippen molar-refractivity contribution in [3.05, 3.63) is 17.5 Å². The van der Waals surface area contributed by atoms with Gasteiger partial charge in [0, 0.05) is 26.8 Å². The number of carboxylic acids is 1. The van der Waals surface area contributed by atoms with Crippen LogP contribution in [0.2, 0.25) is 0 Å². The van der Waals surface area contributed by atoms with Crippen LogP contribution in [0.4, 0.5) is 0 Å². The number of hydrogen-bond donors (Lipinski definition) is 1. The number of methoxy groups -OCH3 is 3. The zero-order chi connectivity index (χ0) is 19.3. The first-order chi connectivity index (χ1) is 12.5. The van der Waals surface area contributed by atoms with Gasteiger partial charge in [-0.3, -0.25) is 4.79 Å². The second-order valence-electron chi connectivity index (χ2n) is 5.23. The number of fused-ring (bicyclic) bond motifs is 1. The number of carbonyl (C=O) groups excluding carboxylic acids is 1. The average molecular weight is 368 g/mol. The van der Waals surface area contributed by atoms with Crippen LogP contribution < -0.4 is 9.47 Å². The molecule has 0 fully saturated rings. The molecule has 0 atom stereocenters. The minimum absolute atomic E-state index is 0.0651. The predicted octanol–water partition coefficient (Wildman–Crippen LogP) is 0.952. The van der Waals surface area contributed by atoms with Crippen LogP contribution >= 0.6 is 0 Å². The normalized spacial score (nSPS) is 10.8. The van der Waals surface area contributed by atoms with Gasteiger partial charge in [0.15, 0.2) is 25.1 Å². The summed E-state index contributed by atoms with van der Waals surface area (Å²) in [5.74, 6) is -1.71. The third kappa shape index (κ3) is 3.70. The fraction of sp³-hybridized carbons (Fsp3) is 0.438. The van der Waals surface area contributed by atoms with Crippen molar-refractivity contribution in [2.24, 2.45) is 7.05 Å². The van der Waals surface area contributed by atoms with Crippen LogP contribution in [-0.2, 0) is 32.5 Å². The van der Waals surface area contributed by atoms with Crippen LogP contribution in [0.3, 0.4) is 0 Å². The lowest BCUT2D eigenvalue weighted by Gasteiger charge is -2.19. The molecule has 26 heavy (non-hydrogen) atoms. The first-order valence-electron chi connectivity index (χ1n) is 7.49. The Morgan fingerprint density at radius 3 is 2.27 bits per heavy atom. The van der Waals surface area contributed by atoms with Gasteiger partial charge in [-0.15, -0.1) is 0 Å². The number of hydrogen-bond acceptors (Lipinski definition) is 8. The molecule has 0 aliphatic rings. The van der Waals surface area contributed by atoms with Crippen molar-refractivity contribution in [2.75, 3.05) is 34.9 Å². The third-order valence-corrected chi connectivity index (χ3v) is 3.53. The van der Waals surface area contributed by atoms with Gasteiger partial charge in [-0.2, -0.15) is 0 Å². The van der Waals surface area contributed by atoms with Gasteiger partial charge in [0.25, 0.3) is 0 Å². The summed E-state index contributed by atoms with van der Waals surface area (Å²) in [6, 6.07) is 0. The molecular weight excluding hydrogens is 348 g/mol. The largest absolute Gasteiger partial charge is 0.481 e. The number of aromatic nitrogens is 2. The van der Waals surface area contributed by atoms with Gasteiger partial charge in [-0.05, 0) is 0 Å². The summed E-state index contributed by atoms with van der Waals surface area (Å²) in [5.41, 5.74) is 0.787. The Balaban J connectivity index is 2.88. The maximum atomic E-state index is 12.4. The maximum Gasteiger partial charge on any atom is 0.342 e. The van der Waals surface area contributed by atoms with Gasteiger partial charge in [0.2, 0.25) is 0 Å². The molecule has 10 nitrogen and oxygen atoms in total. The van der Waals surface area contributed by atoms with Crippen LogP contribution in [0.15, 0.2) is 6.33 Å². The quantitative estimate of drug-likeness (QED) is 0.510. The molecule has 142 valence electrons. The van der Waals surface area contributed by atoms with Gasteiger partial charge in [-0.25, -0.2) is 9.78 Å². The van der Waals surface area contributed by atoms with Crippen molar-refractivity contribution in [1.29, 1.82) is 0 Å². The van der Waals surface area contributed by atoms with E-state index in [0.717, 1.165) is 0 Å². The van der Waals surface area contributed by atoms with Crippen LogP contribution in [0, 0.1) is 0 Å². The van der Waals surface area contributed by atoms with E-state index in [-0.39, 0.29) is 36.2 Å². The topological polar surface area (TPSA) is 118 Å². The van der Waals surface area contributed by atoms with Crippen LogP contribution in [0.25, 0.3) is 11.0 Å². The van der Waals surface area contributed by atoms with Crippen molar-refractivity contribution in [3.8, 4) is 11.5 Å². The molecule has 2 aromatic rings. The summed E-state index contributed by atoms with van der Waals surface area (Å²) >= 11 is 0. The number of imidazole rings is 1. The lowest BCUT2D eigenvalue weighted by atomic mass is 10.00. The average Bonchev–Trinajstić information content (AvgIpc) is 2.99. The molecule has 1 aromatic carbocycles. The molecule has 0 saturated carbocycles. The summed E-state index contributed by atoms with van der Waals surface area (Å²) in [4.78, 5) is 28.1. The van der Waals surface area contributed by atoms with Crippen molar-refractivity contribution in [1.82, 2.24) is 9.55 Å². The summed E-state index contributed by atoms with van der Waals surface area (Å²) in [6.45, 7) is -0.313. The molecule has 0 unspecified atom stereocenters. The Morgan fingerprint density at radius 2 is 1.73 bits per heavy atom. The number of aryl methyl sites for hydroxylation is 1. The molecule has 2 rings (SSSR count). The minimum Gasteiger partial charge on any atom is -0.481 e. The van der Waals surface area contributed by atoms with E-state index in [0.29, 0.717) is 11.0 Å². The highest BCUT2D eigenvalue weighted by atomic mass is 16.7. The maximum absolute atomic E-state index is 12.4. The Hall–Kier alpha value is -2.85. The fourth-order valence-corrected chi connectivity index (χ4v) is 2.55. The lowest BCUT2D eigenvalue weighted by molar-refractivity contribution is -0.136. The van der Waals surface area contributed by atoms with Crippen molar-refractivity contribution in [3.63, 3.8) is 0 Å². The van der Waals surface area contributed by atoms with E-state index in [1.165, 1.54) is 27.7 Å². The molecule has 1 heterocycles.